The first-order chi connectivity index (χ1) is 29.3. The molecule has 60 heavy (non-hydrogen) atoms. The molecule has 4 heterocycles. The Morgan fingerprint density at radius 3 is 2.07 bits per heavy atom. The van der Waals surface area contributed by atoms with Gasteiger partial charge in [0.05, 0.1) is 51.4 Å². The lowest BCUT2D eigenvalue weighted by atomic mass is 9.97. The summed E-state index contributed by atoms with van der Waals surface area (Å²) in [5.41, 5.74) is 14.1. The van der Waals surface area contributed by atoms with Gasteiger partial charge in [0.1, 0.15) is 28.5 Å². The lowest BCUT2D eigenvalue weighted by Crippen LogP contribution is -2.46. The van der Waals surface area contributed by atoms with Crippen molar-refractivity contribution in [3.8, 4) is 91.5 Å². The Morgan fingerprint density at radius 2 is 1.33 bits per heavy atom. The van der Waals surface area contributed by atoms with Crippen LogP contribution in [0.4, 0.5) is 17.1 Å². The maximum Gasteiger partial charge on any atom is 0.439 e. The van der Waals surface area contributed by atoms with E-state index in [2.05, 4.69) is 25.8 Å². The number of nitrogens with one attached hydrogen (secondary N) is 1. The summed E-state index contributed by atoms with van der Waals surface area (Å²) < 4.78 is 35.2. The standard InChI is InChI=1S/C43H32N9O8/c1-24-16-21-36(57-24)42-48-47-40(59-42)32-22-26(17-20-34(32)52(53)54)28-12-7-8-13-29(28)38-45-46-39(58-38)31-23-27(55-2)18-19-33(31)49-51-43(25-10-5-4-6-11-25)60-41(50-51)30-14-9-15-35(56-3)37(30)44/h4-23,49H,44H2,1-3H3/q+1. The lowest BCUT2D eigenvalue weighted by Gasteiger charge is -2.09. The molecule has 9 rings (SSSR count). The number of ether oxygens (including phenoxy) is 2. The highest BCUT2D eigenvalue weighted by atomic mass is 16.6. The number of aromatic nitrogens is 6. The molecule has 0 spiro atoms. The van der Waals surface area contributed by atoms with Crippen molar-refractivity contribution in [2.45, 2.75) is 6.92 Å². The molecule has 0 saturated carbocycles. The third-order valence-electron chi connectivity index (χ3n) is 9.49. The summed E-state index contributed by atoms with van der Waals surface area (Å²) in [5.74, 6) is 2.98. The Balaban J connectivity index is 1.09. The molecule has 0 aliphatic heterocycles. The van der Waals surface area contributed by atoms with E-state index >= 15 is 0 Å². The summed E-state index contributed by atoms with van der Waals surface area (Å²) in [7, 11) is 3.09. The van der Waals surface area contributed by atoms with E-state index < -0.39 is 4.92 Å². The molecule has 0 atom stereocenters. The average molecular weight is 803 g/mol. The first-order valence-corrected chi connectivity index (χ1v) is 18.3. The quantitative estimate of drug-likeness (QED) is 0.0510. The van der Waals surface area contributed by atoms with Crippen LogP contribution in [0.5, 0.6) is 11.5 Å². The number of nitrogen functional groups attached to an aromatic ring is 1. The van der Waals surface area contributed by atoms with Gasteiger partial charge in [-0.3, -0.25) is 10.1 Å². The second kappa shape index (κ2) is 15.4. The topological polar surface area (TPSA) is 221 Å². The predicted molar refractivity (Wildman–Crippen MR) is 217 cm³/mol. The van der Waals surface area contributed by atoms with E-state index in [1.54, 1.807) is 74.7 Å². The van der Waals surface area contributed by atoms with Crippen molar-refractivity contribution in [3.05, 3.63) is 137 Å². The molecule has 0 fully saturated rings. The van der Waals surface area contributed by atoms with Crippen molar-refractivity contribution in [1.82, 2.24) is 25.5 Å². The third kappa shape index (κ3) is 6.91. The van der Waals surface area contributed by atoms with E-state index in [4.69, 9.17) is 38.0 Å². The van der Waals surface area contributed by atoms with E-state index in [0.29, 0.717) is 68.1 Å². The van der Waals surface area contributed by atoms with Crippen molar-refractivity contribution >= 4 is 17.1 Å². The second-order valence-electron chi connectivity index (χ2n) is 13.2. The van der Waals surface area contributed by atoms with E-state index in [1.807, 2.05) is 54.6 Å². The molecule has 17 heteroatoms. The fraction of sp³-hybridized carbons (Fsp3) is 0.0698. The van der Waals surface area contributed by atoms with Crippen LogP contribution in [0.15, 0.2) is 139 Å². The summed E-state index contributed by atoms with van der Waals surface area (Å²) in [6, 6.07) is 35.5. The second-order valence-corrected chi connectivity index (χ2v) is 13.2. The van der Waals surface area contributed by atoms with Gasteiger partial charge < -0.3 is 32.9 Å². The Labute approximate surface area is 339 Å². The fourth-order valence-electron chi connectivity index (χ4n) is 6.56. The Bertz CT molecular complexity index is 3030. The van der Waals surface area contributed by atoms with Gasteiger partial charge in [-0.25, -0.2) is 0 Å². The molecule has 0 aliphatic rings. The van der Waals surface area contributed by atoms with Crippen LogP contribution in [0.1, 0.15) is 5.76 Å². The van der Waals surface area contributed by atoms with Gasteiger partial charge in [-0.1, -0.05) is 42.5 Å². The van der Waals surface area contributed by atoms with Gasteiger partial charge >= 0.3 is 11.8 Å². The molecular formula is C43H32N9O8+. The molecule has 3 N–H and O–H groups in total. The fourth-order valence-corrected chi connectivity index (χ4v) is 6.56. The lowest BCUT2D eigenvalue weighted by molar-refractivity contribution is -0.692. The minimum Gasteiger partial charge on any atom is -0.497 e. The summed E-state index contributed by atoms with van der Waals surface area (Å²) in [5, 5.41) is 34.0. The number of hydrogen-bond donors (Lipinski definition) is 2. The Kier molecular flexibility index (Phi) is 9.49. The molecule has 0 unspecified atom stereocenters. The maximum atomic E-state index is 12.2. The van der Waals surface area contributed by atoms with E-state index in [-0.39, 0.29) is 40.7 Å². The smallest absolute Gasteiger partial charge is 0.439 e. The highest BCUT2D eigenvalue weighted by Gasteiger charge is 2.30. The van der Waals surface area contributed by atoms with Gasteiger partial charge in [-0.15, -0.1) is 25.8 Å². The molecule has 4 aromatic heterocycles. The average Bonchev–Trinajstić information content (AvgIpc) is 4.12. The van der Waals surface area contributed by atoms with Crippen molar-refractivity contribution in [2.75, 3.05) is 25.4 Å². The number of para-hydroxylation sites is 1. The SMILES string of the molecule is COc1ccc(N[n+]2nc(-c3cccc(OC)c3N)oc2-c2ccccc2)c(-c2nnc(-c3ccccc3-c3ccc([N+](=O)[O-])c(-c4nnc(-c5ccc(C)o5)o4)c3)o2)c1. The highest BCUT2D eigenvalue weighted by Crippen LogP contribution is 2.40. The molecule has 0 radical (unpaired) electrons. The summed E-state index contributed by atoms with van der Waals surface area (Å²) in [6.07, 6.45) is 0. The van der Waals surface area contributed by atoms with Gasteiger partial charge in [-0.2, -0.15) is 0 Å². The summed E-state index contributed by atoms with van der Waals surface area (Å²) >= 11 is 0. The number of furan rings is 1. The number of anilines is 2. The largest absolute Gasteiger partial charge is 0.497 e. The molecule has 9 aromatic rings. The zero-order valence-corrected chi connectivity index (χ0v) is 32.0. The number of nitro benzene ring substituents is 1. The molecule has 296 valence electrons. The predicted octanol–water partition coefficient (Wildman–Crippen LogP) is 8.68. The van der Waals surface area contributed by atoms with Crippen LogP contribution in [-0.2, 0) is 0 Å². The van der Waals surface area contributed by atoms with E-state index in [9.17, 15) is 10.1 Å². The first-order valence-electron chi connectivity index (χ1n) is 18.3. The van der Waals surface area contributed by atoms with Gasteiger partial charge in [0.15, 0.2) is 5.76 Å². The van der Waals surface area contributed by atoms with Gasteiger partial charge in [0, 0.05) is 11.6 Å². The molecule has 0 amide bonds. The normalized spacial score (nSPS) is 11.1. The van der Waals surface area contributed by atoms with Crippen LogP contribution >= 0.6 is 0 Å². The van der Waals surface area contributed by atoms with Crippen molar-refractivity contribution in [2.24, 2.45) is 0 Å². The van der Waals surface area contributed by atoms with Crippen molar-refractivity contribution < 1.29 is 36.9 Å². The zero-order chi connectivity index (χ0) is 41.3. The number of rotatable bonds is 12. The molecule has 0 bridgehead atoms. The summed E-state index contributed by atoms with van der Waals surface area (Å²) in [4.78, 5) is 13.1. The van der Waals surface area contributed by atoms with Crippen molar-refractivity contribution in [1.29, 1.82) is 0 Å². The molecule has 0 saturated heterocycles. The first kappa shape index (κ1) is 37.0. The number of hydrogen-bond acceptors (Lipinski definition) is 15. The number of nitro groups is 1. The summed E-state index contributed by atoms with van der Waals surface area (Å²) in [6.45, 7) is 1.78. The van der Waals surface area contributed by atoms with Crippen LogP contribution in [0.3, 0.4) is 0 Å². The van der Waals surface area contributed by atoms with Crippen LogP contribution < -0.4 is 25.4 Å². The molecule has 5 aromatic carbocycles. The van der Waals surface area contributed by atoms with Crippen LogP contribution in [-0.4, -0.2) is 44.6 Å². The third-order valence-corrected chi connectivity index (χ3v) is 9.49. The van der Waals surface area contributed by atoms with Crippen LogP contribution in [0.25, 0.3) is 80.0 Å². The van der Waals surface area contributed by atoms with Crippen LogP contribution in [0, 0.1) is 17.0 Å². The van der Waals surface area contributed by atoms with Gasteiger partial charge in [0.2, 0.25) is 5.89 Å². The van der Waals surface area contributed by atoms with Gasteiger partial charge in [-0.05, 0) is 90.8 Å². The minimum atomic E-state index is -0.509. The monoisotopic (exact) mass is 802 g/mol. The van der Waals surface area contributed by atoms with E-state index in [1.165, 1.54) is 18.0 Å². The van der Waals surface area contributed by atoms with Crippen LogP contribution in [0.2, 0.25) is 0 Å². The highest BCUT2D eigenvalue weighted by molar-refractivity contribution is 5.85. The van der Waals surface area contributed by atoms with Crippen molar-refractivity contribution in [3.63, 3.8) is 0 Å². The maximum absolute atomic E-state index is 12.2. The number of benzene rings is 5. The number of methoxy groups -OCH3 is 2. The molecule has 0 aliphatic carbocycles. The molecular weight excluding hydrogens is 771 g/mol. The number of aryl methyl sites for hydroxylation is 1. The number of nitrogens with two attached hydrogens (primary N) is 1. The Morgan fingerprint density at radius 1 is 0.633 bits per heavy atom. The minimum absolute atomic E-state index is 0.0531. The zero-order valence-electron chi connectivity index (χ0n) is 32.0. The van der Waals surface area contributed by atoms with Gasteiger partial charge in [0.25, 0.3) is 23.4 Å². The Hall–Kier alpha value is -8.60. The van der Waals surface area contributed by atoms with E-state index in [0.717, 1.165) is 5.56 Å². The number of nitrogens with zero attached hydrogens (tertiary/aromatic N) is 7. The molecule has 17 nitrogen and oxygen atoms in total.